The van der Waals surface area contributed by atoms with Gasteiger partial charge in [-0.3, -0.25) is 0 Å². The van der Waals surface area contributed by atoms with Gasteiger partial charge in [0, 0.05) is 31.4 Å². The number of rotatable bonds is 4. The van der Waals surface area contributed by atoms with E-state index in [1.165, 1.54) is 0 Å². The number of aryl methyl sites for hydroxylation is 1. The van der Waals surface area contributed by atoms with Crippen molar-refractivity contribution in [3.63, 3.8) is 0 Å². The Morgan fingerprint density at radius 1 is 1.55 bits per heavy atom. The molecule has 1 aromatic rings. The van der Waals surface area contributed by atoms with E-state index in [4.69, 9.17) is 4.74 Å². The summed E-state index contributed by atoms with van der Waals surface area (Å²) in [7, 11) is 0. The highest BCUT2D eigenvalue weighted by molar-refractivity contribution is 5.78. The first-order chi connectivity index (χ1) is 9.47. The number of hydrogen-bond donors (Lipinski definition) is 2. The van der Waals surface area contributed by atoms with Crippen molar-refractivity contribution in [3.05, 3.63) is 11.8 Å². The fourth-order valence-corrected chi connectivity index (χ4v) is 2.12. The van der Waals surface area contributed by atoms with Crippen molar-refractivity contribution < 1.29 is 14.6 Å². The average Bonchev–Trinajstić information content (AvgIpc) is 2.37. The summed E-state index contributed by atoms with van der Waals surface area (Å²) >= 11 is 0. The van der Waals surface area contributed by atoms with Gasteiger partial charge >= 0.3 is 5.97 Å². The molecule has 7 heteroatoms. The molecule has 0 saturated carbocycles. The quantitative estimate of drug-likeness (QED) is 0.827. The number of hydrogen-bond acceptors (Lipinski definition) is 6. The average molecular weight is 280 g/mol. The Kier molecular flexibility index (Phi) is 4.39. The van der Waals surface area contributed by atoms with E-state index in [0.29, 0.717) is 31.5 Å². The van der Waals surface area contributed by atoms with E-state index in [2.05, 4.69) is 15.3 Å². The van der Waals surface area contributed by atoms with Crippen molar-refractivity contribution in [1.82, 2.24) is 15.3 Å². The normalized spacial score (nSPS) is 19.2. The summed E-state index contributed by atoms with van der Waals surface area (Å²) in [5, 5.41) is 12.4. The second kappa shape index (κ2) is 6.04. The van der Waals surface area contributed by atoms with Crippen molar-refractivity contribution in [2.24, 2.45) is 0 Å². The van der Waals surface area contributed by atoms with Gasteiger partial charge in [-0.25, -0.2) is 9.78 Å². The van der Waals surface area contributed by atoms with E-state index in [9.17, 15) is 9.90 Å². The lowest BCUT2D eigenvalue weighted by Gasteiger charge is -2.33. The van der Waals surface area contributed by atoms with Gasteiger partial charge in [0.05, 0.1) is 6.10 Å². The van der Waals surface area contributed by atoms with Crippen LogP contribution in [-0.4, -0.2) is 52.8 Å². The van der Waals surface area contributed by atoms with Crippen LogP contribution in [0, 0.1) is 6.92 Å². The highest BCUT2D eigenvalue weighted by Gasteiger charge is 2.30. The summed E-state index contributed by atoms with van der Waals surface area (Å²) in [6.45, 7) is 7.33. The number of anilines is 1. The van der Waals surface area contributed by atoms with E-state index in [0.717, 1.165) is 5.69 Å². The van der Waals surface area contributed by atoms with Gasteiger partial charge in [0.15, 0.2) is 0 Å². The first-order valence-corrected chi connectivity index (χ1v) is 6.70. The van der Waals surface area contributed by atoms with Crippen LogP contribution in [0.3, 0.4) is 0 Å². The predicted octanol–water partition coefficient (Wildman–Crippen LogP) is 0.435. The van der Waals surface area contributed by atoms with Gasteiger partial charge in [-0.05, 0) is 20.8 Å². The minimum absolute atomic E-state index is 0.00967. The molecule has 0 spiro atoms. The third-order valence-corrected chi connectivity index (χ3v) is 2.96. The Bertz CT molecular complexity index is 493. The van der Waals surface area contributed by atoms with E-state index in [-0.39, 0.29) is 6.10 Å². The number of nitrogens with zero attached hydrogens (tertiary/aromatic N) is 3. The minimum atomic E-state index is -0.881. The van der Waals surface area contributed by atoms with Crippen LogP contribution in [0.15, 0.2) is 6.07 Å². The Hall–Kier alpha value is -1.89. The van der Waals surface area contributed by atoms with Crippen LogP contribution in [0.2, 0.25) is 0 Å². The maximum absolute atomic E-state index is 11.3. The summed E-state index contributed by atoms with van der Waals surface area (Å²) in [5.74, 6) is 0.00774. The van der Waals surface area contributed by atoms with Crippen LogP contribution < -0.4 is 15.0 Å². The van der Waals surface area contributed by atoms with E-state index in [1.54, 1.807) is 11.0 Å². The highest BCUT2D eigenvalue weighted by Crippen LogP contribution is 2.19. The van der Waals surface area contributed by atoms with Gasteiger partial charge in [-0.2, -0.15) is 4.98 Å². The lowest BCUT2D eigenvalue weighted by atomic mass is 10.2. The molecule has 0 aliphatic carbocycles. The fraction of sp³-hybridized carbons (Fsp3) is 0.615. The zero-order valence-electron chi connectivity index (χ0n) is 12.0. The number of carboxylic acid groups (broad SMARTS) is 1. The molecule has 1 aliphatic rings. The monoisotopic (exact) mass is 280 g/mol. The number of aliphatic carboxylic acids is 1. The minimum Gasteiger partial charge on any atom is -0.480 e. The SMILES string of the molecule is Cc1cc(OC(C)C)nc(N2CCNCC2C(=O)O)n1. The lowest BCUT2D eigenvalue weighted by Crippen LogP contribution is -2.55. The molecule has 1 aromatic heterocycles. The summed E-state index contributed by atoms with van der Waals surface area (Å²) in [4.78, 5) is 21.7. The summed E-state index contributed by atoms with van der Waals surface area (Å²) < 4.78 is 5.58. The summed E-state index contributed by atoms with van der Waals surface area (Å²) in [5.41, 5.74) is 0.758. The number of carbonyl (C=O) groups is 1. The Labute approximate surface area is 118 Å². The summed E-state index contributed by atoms with van der Waals surface area (Å²) in [6, 6.07) is 1.10. The molecule has 2 rings (SSSR count). The first kappa shape index (κ1) is 14.5. The molecule has 0 bridgehead atoms. The second-order valence-electron chi connectivity index (χ2n) is 5.07. The van der Waals surface area contributed by atoms with Gasteiger partial charge in [0.25, 0.3) is 0 Å². The molecule has 2 N–H and O–H groups in total. The second-order valence-corrected chi connectivity index (χ2v) is 5.07. The standard InChI is InChI=1S/C13H20N4O3/c1-8(2)20-11-6-9(3)15-13(16-11)17-5-4-14-7-10(17)12(18)19/h6,8,10,14H,4-5,7H2,1-3H3,(H,18,19). The van der Waals surface area contributed by atoms with Gasteiger partial charge in [-0.15, -0.1) is 0 Å². The zero-order chi connectivity index (χ0) is 14.7. The molecule has 110 valence electrons. The molecule has 1 unspecified atom stereocenters. The Morgan fingerprint density at radius 2 is 2.30 bits per heavy atom. The largest absolute Gasteiger partial charge is 0.480 e. The lowest BCUT2D eigenvalue weighted by molar-refractivity contribution is -0.138. The molecular formula is C13H20N4O3. The van der Waals surface area contributed by atoms with Crippen molar-refractivity contribution in [2.45, 2.75) is 32.9 Å². The maximum Gasteiger partial charge on any atom is 0.327 e. The number of aromatic nitrogens is 2. The van der Waals surface area contributed by atoms with Gasteiger partial charge in [0.1, 0.15) is 6.04 Å². The van der Waals surface area contributed by atoms with E-state index >= 15 is 0 Å². The molecule has 0 amide bonds. The molecule has 0 radical (unpaired) electrons. The topological polar surface area (TPSA) is 87.6 Å². The van der Waals surface area contributed by atoms with Gasteiger partial charge in [0.2, 0.25) is 11.8 Å². The van der Waals surface area contributed by atoms with Crippen LogP contribution in [-0.2, 0) is 4.79 Å². The molecular weight excluding hydrogens is 260 g/mol. The van der Waals surface area contributed by atoms with E-state index < -0.39 is 12.0 Å². The zero-order valence-corrected chi connectivity index (χ0v) is 12.0. The van der Waals surface area contributed by atoms with Crippen molar-refractivity contribution in [3.8, 4) is 5.88 Å². The molecule has 1 atom stereocenters. The molecule has 1 saturated heterocycles. The third kappa shape index (κ3) is 3.36. The van der Waals surface area contributed by atoms with Crippen molar-refractivity contribution in [1.29, 1.82) is 0 Å². The van der Waals surface area contributed by atoms with Gasteiger partial charge < -0.3 is 20.1 Å². The van der Waals surface area contributed by atoms with Crippen molar-refractivity contribution in [2.75, 3.05) is 24.5 Å². The number of ether oxygens (including phenoxy) is 1. The van der Waals surface area contributed by atoms with Crippen LogP contribution in [0.4, 0.5) is 5.95 Å². The summed E-state index contributed by atoms with van der Waals surface area (Å²) in [6.07, 6.45) is 0.00967. The first-order valence-electron chi connectivity index (χ1n) is 6.70. The predicted molar refractivity (Wildman–Crippen MR) is 74.2 cm³/mol. The fourth-order valence-electron chi connectivity index (χ4n) is 2.12. The maximum atomic E-state index is 11.3. The number of carboxylic acids is 1. The van der Waals surface area contributed by atoms with E-state index in [1.807, 2.05) is 20.8 Å². The highest BCUT2D eigenvalue weighted by atomic mass is 16.5. The van der Waals surface area contributed by atoms with Crippen LogP contribution >= 0.6 is 0 Å². The molecule has 7 nitrogen and oxygen atoms in total. The van der Waals surface area contributed by atoms with Crippen LogP contribution in [0.1, 0.15) is 19.5 Å². The van der Waals surface area contributed by atoms with Crippen molar-refractivity contribution >= 4 is 11.9 Å². The van der Waals surface area contributed by atoms with Crippen LogP contribution in [0.25, 0.3) is 0 Å². The van der Waals surface area contributed by atoms with Gasteiger partial charge in [-0.1, -0.05) is 0 Å². The Morgan fingerprint density at radius 3 is 2.95 bits per heavy atom. The molecule has 1 fully saturated rings. The molecule has 1 aliphatic heterocycles. The Balaban J connectivity index is 2.30. The third-order valence-electron chi connectivity index (χ3n) is 2.96. The van der Waals surface area contributed by atoms with Crippen LogP contribution in [0.5, 0.6) is 5.88 Å². The smallest absolute Gasteiger partial charge is 0.327 e. The molecule has 2 heterocycles. The molecule has 0 aromatic carbocycles. The number of piperazine rings is 1. The molecule has 20 heavy (non-hydrogen) atoms. The number of nitrogens with one attached hydrogen (secondary N) is 1.